The smallest absolute Gasteiger partial charge is 0.239 e. The molecule has 0 aromatic heterocycles. The Morgan fingerprint density at radius 3 is 2.55 bits per heavy atom. The van der Waals surface area contributed by atoms with Crippen LogP contribution in [0, 0.1) is 0 Å². The molecule has 110 valence electrons. The van der Waals surface area contributed by atoms with Crippen molar-refractivity contribution in [2.75, 3.05) is 19.6 Å². The summed E-state index contributed by atoms with van der Waals surface area (Å²) in [7, 11) is 0. The van der Waals surface area contributed by atoms with Crippen LogP contribution >= 0.6 is 11.6 Å². The van der Waals surface area contributed by atoms with Crippen molar-refractivity contribution in [1.29, 1.82) is 0 Å². The number of carbonyl (C=O) groups is 2. The monoisotopic (exact) mass is 297 g/mol. The highest BCUT2D eigenvalue weighted by Gasteiger charge is 2.09. The van der Waals surface area contributed by atoms with E-state index in [-0.39, 0.29) is 30.9 Å². The maximum absolute atomic E-state index is 11.6. The molecule has 1 aromatic rings. The Labute approximate surface area is 124 Å². The SMILES string of the molecule is CCNC(=O)CNC(=O)CN[C@@H](C)c1cccc(Cl)c1. The van der Waals surface area contributed by atoms with Crippen LogP contribution in [0.15, 0.2) is 24.3 Å². The molecule has 0 unspecified atom stereocenters. The summed E-state index contributed by atoms with van der Waals surface area (Å²) in [6.45, 7) is 4.47. The number of halogens is 1. The van der Waals surface area contributed by atoms with E-state index in [0.717, 1.165) is 5.56 Å². The molecule has 0 radical (unpaired) electrons. The first-order chi connectivity index (χ1) is 9.52. The average molecular weight is 298 g/mol. The Morgan fingerprint density at radius 1 is 1.20 bits per heavy atom. The number of likely N-dealkylation sites (N-methyl/N-ethyl adjacent to an activating group) is 1. The molecular formula is C14H20ClN3O2. The molecule has 0 spiro atoms. The Hall–Kier alpha value is -1.59. The van der Waals surface area contributed by atoms with Crippen LogP contribution in [0.25, 0.3) is 0 Å². The van der Waals surface area contributed by atoms with Gasteiger partial charge in [-0.1, -0.05) is 23.7 Å². The zero-order valence-corrected chi connectivity index (χ0v) is 12.5. The predicted molar refractivity (Wildman–Crippen MR) is 79.6 cm³/mol. The average Bonchev–Trinajstić information content (AvgIpc) is 2.43. The molecule has 1 rings (SSSR count). The molecule has 1 aromatic carbocycles. The number of amides is 2. The first kappa shape index (κ1) is 16.5. The van der Waals surface area contributed by atoms with Gasteiger partial charge in [0.25, 0.3) is 0 Å². The van der Waals surface area contributed by atoms with Crippen molar-refractivity contribution in [1.82, 2.24) is 16.0 Å². The maximum Gasteiger partial charge on any atom is 0.239 e. The van der Waals surface area contributed by atoms with Crippen LogP contribution in [-0.4, -0.2) is 31.4 Å². The second-order valence-electron chi connectivity index (χ2n) is 4.39. The number of nitrogens with one attached hydrogen (secondary N) is 3. The van der Waals surface area contributed by atoms with Crippen LogP contribution in [0.2, 0.25) is 5.02 Å². The highest BCUT2D eigenvalue weighted by Crippen LogP contribution is 2.16. The molecule has 0 aliphatic carbocycles. The normalized spacial score (nSPS) is 11.8. The summed E-state index contributed by atoms with van der Waals surface area (Å²) in [5, 5.41) is 8.90. The van der Waals surface area contributed by atoms with Gasteiger partial charge >= 0.3 is 0 Å². The second kappa shape index (κ2) is 8.55. The standard InChI is InChI=1S/C14H20ClN3O2/c1-3-16-13(19)9-18-14(20)8-17-10(2)11-5-4-6-12(15)7-11/h4-7,10,17H,3,8-9H2,1-2H3,(H,16,19)(H,18,20)/t10-/m0/s1. The number of carbonyl (C=O) groups excluding carboxylic acids is 2. The van der Waals surface area contributed by atoms with Crippen molar-refractivity contribution in [3.05, 3.63) is 34.9 Å². The van der Waals surface area contributed by atoms with Gasteiger partial charge in [0.1, 0.15) is 0 Å². The fourth-order valence-electron chi connectivity index (χ4n) is 1.64. The minimum absolute atomic E-state index is 0.0000998. The number of rotatable bonds is 7. The third-order valence-electron chi connectivity index (χ3n) is 2.74. The summed E-state index contributed by atoms with van der Waals surface area (Å²) in [6.07, 6.45) is 0. The molecular weight excluding hydrogens is 278 g/mol. The minimum Gasteiger partial charge on any atom is -0.355 e. The van der Waals surface area contributed by atoms with E-state index in [0.29, 0.717) is 11.6 Å². The van der Waals surface area contributed by atoms with E-state index in [1.54, 1.807) is 6.07 Å². The van der Waals surface area contributed by atoms with Gasteiger partial charge in [-0.2, -0.15) is 0 Å². The number of hydrogen-bond acceptors (Lipinski definition) is 3. The molecule has 0 aliphatic rings. The summed E-state index contributed by atoms with van der Waals surface area (Å²) in [4.78, 5) is 22.8. The molecule has 0 bridgehead atoms. The van der Waals surface area contributed by atoms with Crippen molar-refractivity contribution in [2.24, 2.45) is 0 Å². The Bertz CT molecular complexity index is 465. The fourth-order valence-corrected chi connectivity index (χ4v) is 1.84. The lowest BCUT2D eigenvalue weighted by Crippen LogP contribution is -2.41. The van der Waals surface area contributed by atoms with Crippen molar-refractivity contribution in [3.8, 4) is 0 Å². The third kappa shape index (κ3) is 6.04. The molecule has 3 N–H and O–H groups in total. The van der Waals surface area contributed by atoms with E-state index in [1.807, 2.05) is 32.0 Å². The second-order valence-corrected chi connectivity index (χ2v) is 4.82. The molecule has 0 heterocycles. The summed E-state index contributed by atoms with van der Waals surface area (Å²) in [5.74, 6) is -0.408. The van der Waals surface area contributed by atoms with Crippen molar-refractivity contribution in [3.63, 3.8) is 0 Å². The zero-order valence-electron chi connectivity index (χ0n) is 11.7. The molecule has 0 saturated carbocycles. The van der Waals surface area contributed by atoms with Gasteiger partial charge in [-0.05, 0) is 31.5 Å². The highest BCUT2D eigenvalue weighted by atomic mass is 35.5. The van der Waals surface area contributed by atoms with Gasteiger partial charge in [0, 0.05) is 17.6 Å². The van der Waals surface area contributed by atoms with Crippen LogP contribution in [0.1, 0.15) is 25.5 Å². The molecule has 0 saturated heterocycles. The molecule has 1 atom stereocenters. The van der Waals surface area contributed by atoms with Gasteiger partial charge in [0.05, 0.1) is 13.1 Å². The summed E-state index contributed by atoms with van der Waals surface area (Å²) in [5.41, 5.74) is 1.01. The van der Waals surface area contributed by atoms with E-state index in [2.05, 4.69) is 16.0 Å². The highest BCUT2D eigenvalue weighted by molar-refractivity contribution is 6.30. The lowest BCUT2D eigenvalue weighted by Gasteiger charge is -2.14. The van der Waals surface area contributed by atoms with Crippen LogP contribution in [0.5, 0.6) is 0 Å². The van der Waals surface area contributed by atoms with E-state index < -0.39 is 0 Å². The summed E-state index contributed by atoms with van der Waals surface area (Å²) >= 11 is 5.91. The molecule has 2 amide bonds. The van der Waals surface area contributed by atoms with Crippen molar-refractivity contribution in [2.45, 2.75) is 19.9 Å². The zero-order chi connectivity index (χ0) is 15.0. The largest absolute Gasteiger partial charge is 0.355 e. The van der Waals surface area contributed by atoms with Gasteiger partial charge in [0.2, 0.25) is 11.8 Å². The minimum atomic E-state index is -0.217. The van der Waals surface area contributed by atoms with Crippen LogP contribution in [-0.2, 0) is 9.59 Å². The van der Waals surface area contributed by atoms with Crippen molar-refractivity contribution < 1.29 is 9.59 Å². The third-order valence-corrected chi connectivity index (χ3v) is 2.97. The first-order valence-electron chi connectivity index (χ1n) is 6.55. The Kier molecular flexibility index (Phi) is 7.04. The summed E-state index contributed by atoms with van der Waals surface area (Å²) in [6, 6.07) is 7.47. The summed E-state index contributed by atoms with van der Waals surface area (Å²) < 4.78 is 0. The molecule has 6 heteroatoms. The first-order valence-corrected chi connectivity index (χ1v) is 6.93. The fraction of sp³-hybridized carbons (Fsp3) is 0.429. The Balaban J connectivity index is 2.32. The molecule has 20 heavy (non-hydrogen) atoms. The molecule has 0 aliphatic heterocycles. The topological polar surface area (TPSA) is 70.2 Å². The van der Waals surface area contributed by atoms with E-state index in [4.69, 9.17) is 11.6 Å². The van der Waals surface area contributed by atoms with Crippen LogP contribution < -0.4 is 16.0 Å². The lowest BCUT2D eigenvalue weighted by molar-refractivity contribution is -0.125. The van der Waals surface area contributed by atoms with E-state index >= 15 is 0 Å². The maximum atomic E-state index is 11.6. The van der Waals surface area contributed by atoms with Crippen LogP contribution in [0.3, 0.4) is 0 Å². The van der Waals surface area contributed by atoms with Gasteiger partial charge < -0.3 is 16.0 Å². The van der Waals surface area contributed by atoms with Crippen molar-refractivity contribution >= 4 is 23.4 Å². The van der Waals surface area contributed by atoms with Gasteiger partial charge in [0.15, 0.2) is 0 Å². The van der Waals surface area contributed by atoms with Gasteiger partial charge in [-0.25, -0.2) is 0 Å². The number of hydrogen-bond donors (Lipinski definition) is 3. The van der Waals surface area contributed by atoms with Gasteiger partial charge in [-0.15, -0.1) is 0 Å². The predicted octanol–water partition coefficient (Wildman–Crippen LogP) is 1.24. The van der Waals surface area contributed by atoms with Gasteiger partial charge in [-0.3, -0.25) is 9.59 Å². The lowest BCUT2D eigenvalue weighted by atomic mass is 10.1. The Morgan fingerprint density at radius 2 is 1.90 bits per heavy atom. The number of benzene rings is 1. The van der Waals surface area contributed by atoms with Crippen LogP contribution in [0.4, 0.5) is 0 Å². The molecule has 0 fully saturated rings. The molecule has 5 nitrogen and oxygen atoms in total. The van der Waals surface area contributed by atoms with E-state index in [9.17, 15) is 9.59 Å². The van der Waals surface area contributed by atoms with E-state index in [1.165, 1.54) is 0 Å². The quantitative estimate of drug-likeness (QED) is 0.709.